The fourth-order valence-corrected chi connectivity index (χ4v) is 4.08. The Morgan fingerprint density at radius 1 is 1.06 bits per heavy atom. The number of barbiturate groups is 1. The number of imide groups is 2. The molecular weight excluding hydrogens is 418 g/mol. The number of hydrogen-bond donors (Lipinski definition) is 1. The third kappa shape index (κ3) is 4.53. The summed E-state index contributed by atoms with van der Waals surface area (Å²) in [6.45, 7) is 6.06. The highest BCUT2D eigenvalue weighted by molar-refractivity contribution is 6.31. The van der Waals surface area contributed by atoms with E-state index in [1.54, 1.807) is 18.2 Å². The minimum Gasteiger partial charge on any atom is -0.467 e. The molecule has 4 amide bonds. The number of amides is 4. The zero-order chi connectivity index (χ0) is 23.5. The van der Waals surface area contributed by atoms with Crippen LogP contribution < -0.4 is 5.32 Å². The molecule has 4 rings (SSSR count). The molecular formula is C26H27N3O4. The number of furan rings is 1. The first-order valence-electron chi connectivity index (χ1n) is 11.1. The van der Waals surface area contributed by atoms with Crippen molar-refractivity contribution >= 4 is 23.9 Å². The molecule has 0 bridgehead atoms. The Morgan fingerprint density at radius 3 is 2.48 bits per heavy atom. The highest BCUT2D eigenvalue weighted by Gasteiger charge is 2.36. The SMILES string of the molecule is CCCCc1ccc(-n2c(C)cc(/C=C3\C(=O)NC(=O)N(Cc4ccco4)C3=O)c2C)cc1. The molecule has 1 aliphatic rings. The van der Waals surface area contributed by atoms with Gasteiger partial charge in [-0.3, -0.25) is 19.8 Å². The predicted molar refractivity (Wildman–Crippen MR) is 125 cm³/mol. The maximum atomic E-state index is 13.0. The maximum Gasteiger partial charge on any atom is 0.331 e. The molecule has 0 saturated carbocycles. The lowest BCUT2D eigenvalue weighted by molar-refractivity contribution is -0.130. The van der Waals surface area contributed by atoms with Gasteiger partial charge in [-0.05, 0) is 74.2 Å². The molecule has 1 fully saturated rings. The van der Waals surface area contributed by atoms with Crippen LogP contribution >= 0.6 is 0 Å². The van der Waals surface area contributed by atoms with Gasteiger partial charge in [-0.2, -0.15) is 0 Å². The standard InChI is InChI=1S/C26H27N3O4/c1-4-5-7-19-9-11-21(12-10-19)29-17(2)14-20(18(29)3)15-23-24(30)27-26(32)28(25(23)31)16-22-8-6-13-33-22/h6,8-15H,4-5,7,16H2,1-3H3,(H,27,30,32)/b23-15+. The van der Waals surface area contributed by atoms with Crippen molar-refractivity contribution in [3.8, 4) is 5.69 Å². The van der Waals surface area contributed by atoms with Crippen molar-refractivity contribution in [3.05, 3.63) is 82.6 Å². The van der Waals surface area contributed by atoms with Gasteiger partial charge >= 0.3 is 6.03 Å². The molecule has 3 heterocycles. The molecule has 1 aliphatic heterocycles. The quantitative estimate of drug-likeness (QED) is 0.422. The van der Waals surface area contributed by atoms with Gasteiger partial charge < -0.3 is 8.98 Å². The summed E-state index contributed by atoms with van der Waals surface area (Å²) in [6.07, 6.45) is 6.39. The Hall–Kier alpha value is -3.87. The lowest BCUT2D eigenvalue weighted by Crippen LogP contribution is -2.53. The van der Waals surface area contributed by atoms with E-state index in [2.05, 4.69) is 41.1 Å². The van der Waals surface area contributed by atoms with E-state index in [0.29, 0.717) is 5.76 Å². The summed E-state index contributed by atoms with van der Waals surface area (Å²) in [7, 11) is 0. The van der Waals surface area contributed by atoms with Crippen LogP contribution in [0.5, 0.6) is 0 Å². The lowest BCUT2D eigenvalue weighted by Gasteiger charge is -2.25. The summed E-state index contributed by atoms with van der Waals surface area (Å²) >= 11 is 0. The van der Waals surface area contributed by atoms with Gasteiger partial charge in [-0.15, -0.1) is 0 Å². The van der Waals surface area contributed by atoms with Crippen LogP contribution in [0.4, 0.5) is 4.79 Å². The third-order valence-electron chi connectivity index (χ3n) is 5.86. The molecule has 0 atom stereocenters. The number of carbonyl (C=O) groups excluding carboxylic acids is 3. The van der Waals surface area contributed by atoms with Crippen LogP contribution in [0.3, 0.4) is 0 Å². The summed E-state index contributed by atoms with van der Waals surface area (Å²) in [5.41, 5.74) is 4.86. The van der Waals surface area contributed by atoms with E-state index >= 15 is 0 Å². The minimum atomic E-state index is -0.757. The fraction of sp³-hybridized carbons (Fsp3) is 0.269. The Balaban J connectivity index is 1.64. The van der Waals surface area contributed by atoms with Crippen LogP contribution in [0.1, 0.15) is 48.0 Å². The van der Waals surface area contributed by atoms with E-state index in [9.17, 15) is 14.4 Å². The smallest absolute Gasteiger partial charge is 0.331 e. The largest absolute Gasteiger partial charge is 0.467 e. The van der Waals surface area contributed by atoms with Gasteiger partial charge in [-0.1, -0.05) is 25.5 Å². The van der Waals surface area contributed by atoms with Gasteiger partial charge in [0.2, 0.25) is 0 Å². The van der Waals surface area contributed by atoms with Crippen LogP contribution in [0.25, 0.3) is 11.8 Å². The van der Waals surface area contributed by atoms with Crippen molar-refractivity contribution in [2.75, 3.05) is 0 Å². The average molecular weight is 446 g/mol. The number of nitrogens with zero attached hydrogens (tertiary/aromatic N) is 2. The van der Waals surface area contributed by atoms with E-state index in [-0.39, 0.29) is 12.1 Å². The topological polar surface area (TPSA) is 84.6 Å². The molecule has 0 unspecified atom stereocenters. The van der Waals surface area contributed by atoms with Crippen molar-refractivity contribution < 1.29 is 18.8 Å². The zero-order valence-corrected chi connectivity index (χ0v) is 19.1. The van der Waals surface area contributed by atoms with Gasteiger partial charge in [0.15, 0.2) is 0 Å². The van der Waals surface area contributed by atoms with Gasteiger partial charge in [0, 0.05) is 17.1 Å². The van der Waals surface area contributed by atoms with Crippen molar-refractivity contribution in [2.24, 2.45) is 0 Å². The van der Waals surface area contributed by atoms with Gasteiger partial charge in [0.25, 0.3) is 11.8 Å². The second-order valence-corrected chi connectivity index (χ2v) is 8.22. The first kappa shape index (κ1) is 22.3. The molecule has 3 aromatic rings. The Kier molecular flexibility index (Phi) is 6.31. The van der Waals surface area contributed by atoms with E-state index in [4.69, 9.17) is 4.42 Å². The second kappa shape index (κ2) is 9.32. The number of unbranched alkanes of at least 4 members (excludes halogenated alkanes) is 1. The molecule has 0 radical (unpaired) electrons. The summed E-state index contributed by atoms with van der Waals surface area (Å²) in [5, 5.41) is 2.25. The molecule has 1 N–H and O–H groups in total. The lowest BCUT2D eigenvalue weighted by atomic mass is 10.1. The molecule has 0 aliphatic carbocycles. The van der Waals surface area contributed by atoms with Crippen molar-refractivity contribution in [2.45, 2.75) is 46.6 Å². The van der Waals surface area contributed by atoms with Gasteiger partial charge in [0.1, 0.15) is 11.3 Å². The molecule has 170 valence electrons. The van der Waals surface area contributed by atoms with E-state index < -0.39 is 17.8 Å². The molecule has 7 heteroatoms. The minimum absolute atomic E-state index is 0.0499. The number of rotatable bonds is 7. The third-order valence-corrected chi connectivity index (χ3v) is 5.86. The number of aromatic nitrogens is 1. The van der Waals surface area contributed by atoms with Crippen LogP contribution in [0.2, 0.25) is 0 Å². The van der Waals surface area contributed by atoms with Crippen LogP contribution in [0, 0.1) is 13.8 Å². The number of carbonyl (C=O) groups is 3. The second-order valence-electron chi connectivity index (χ2n) is 8.22. The van der Waals surface area contributed by atoms with Crippen molar-refractivity contribution in [1.82, 2.24) is 14.8 Å². The molecule has 1 saturated heterocycles. The predicted octanol–water partition coefficient (Wildman–Crippen LogP) is 4.69. The maximum absolute atomic E-state index is 13.0. The normalized spacial score (nSPS) is 15.4. The number of aryl methyl sites for hydroxylation is 2. The summed E-state index contributed by atoms with van der Waals surface area (Å²) in [5.74, 6) is -0.899. The number of hydrogen-bond acceptors (Lipinski definition) is 4. The number of urea groups is 1. The fourth-order valence-electron chi connectivity index (χ4n) is 4.08. The highest BCUT2D eigenvalue weighted by atomic mass is 16.3. The summed E-state index contributed by atoms with van der Waals surface area (Å²) in [4.78, 5) is 38.7. The van der Waals surface area contributed by atoms with Gasteiger partial charge in [-0.25, -0.2) is 4.79 Å². The first-order chi connectivity index (χ1) is 15.9. The number of benzene rings is 1. The molecule has 0 spiro atoms. The molecule has 7 nitrogen and oxygen atoms in total. The Labute approximate surface area is 192 Å². The van der Waals surface area contributed by atoms with Crippen molar-refractivity contribution in [3.63, 3.8) is 0 Å². The van der Waals surface area contributed by atoms with E-state index in [0.717, 1.165) is 46.8 Å². The molecule has 33 heavy (non-hydrogen) atoms. The highest BCUT2D eigenvalue weighted by Crippen LogP contribution is 2.25. The Morgan fingerprint density at radius 2 is 1.82 bits per heavy atom. The van der Waals surface area contributed by atoms with E-state index in [1.807, 2.05) is 19.9 Å². The van der Waals surface area contributed by atoms with Crippen LogP contribution in [-0.4, -0.2) is 27.3 Å². The summed E-state index contributed by atoms with van der Waals surface area (Å²) in [6, 6.07) is 13.0. The first-order valence-corrected chi connectivity index (χ1v) is 11.1. The Bertz CT molecular complexity index is 1220. The van der Waals surface area contributed by atoms with Crippen LogP contribution in [0.15, 0.2) is 58.7 Å². The van der Waals surface area contributed by atoms with Crippen LogP contribution in [-0.2, 0) is 22.6 Å². The van der Waals surface area contributed by atoms with E-state index in [1.165, 1.54) is 11.8 Å². The average Bonchev–Trinajstić information content (AvgIpc) is 3.40. The number of nitrogens with one attached hydrogen (secondary N) is 1. The monoisotopic (exact) mass is 445 g/mol. The zero-order valence-electron chi connectivity index (χ0n) is 19.1. The van der Waals surface area contributed by atoms with Crippen molar-refractivity contribution in [1.29, 1.82) is 0 Å². The molecule has 2 aromatic heterocycles. The molecule has 1 aromatic carbocycles. The van der Waals surface area contributed by atoms with Gasteiger partial charge in [0.05, 0.1) is 12.8 Å². The summed E-state index contributed by atoms with van der Waals surface area (Å²) < 4.78 is 7.34.